The van der Waals surface area contributed by atoms with Gasteiger partial charge in [0.1, 0.15) is 11.5 Å². The molecule has 2 aromatic carbocycles. The van der Waals surface area contributed by atoms with E-state index in [2.05, 4.69) is 0 Å². The SMILES string of the molecule is CC(=O)c1cccc(C(=O)C2C=CC(Oc3ccc(C)cc3)=CC2)c1. The second kappa shape index (κ2) is 7.31. The van der Waals surface area contributed by atoms with Gasteiger partial charge in [0, 0.05) is 17.0 Å². The van der Waals surface area contributed by atoms with E-state index in [0.717, 1.165) is 11.5 Å². The number of ketones is 2. The average Bonchev–Trinajstić information content (AvgIpc) is 2.64. The molecular weight excluding hydrogens is 312 g/mol. The number of ether oxygens (including phenoxy) is 1. The Hall–Kier alpha value is -2.94. The van der Waals surface area contributed by atoms with E-state index in [1.807, 2.05) is 49.4 Å². The van der Waals surface area contributed by atoms with Crippen molar-refractivity contribution in [2.75, 3.05) is 0 Å². The van der Waals surface area contributed by atoms with Crippen molar-refractivity contribution in [3.05, 3.63) is 89.2 Å². The van der Waals surface area contributed by atoms with Crippen molar-refractivity contribution in [2.45, 2.75) is 20.3 Å². The second-order valence-corrected chi connectivity index (χ2v) is 6.22. The molecule has 126 valence electrons. The summed E-state index contributed by atoms with van der Waals surface area (Å²) in [6, 6.07) is 14.7. The third kappa shape index (κ3) is 4.13. The highest BCUT2D eigenvalue weighted by Crippen LogP contribution is 2.24. The molecule has 0 bridgehead atoms. The zero-order valence-corrected chi connectivity index (χ0v) is 14.4. The Morgan fingerprint density at radius 2 is 1.76 bits per heavy atom. The molecule has 1 aliphatic rings. The van der Waals surface area contributed by atoms with Crippen LogP contribution in [0.1, 0.15) is 39.6 Å². The van der Waals surface area contributed by atoms with Crippen molar-refractivity contribution in [3.63, 3.8) is 0 Å². The summed E-state index contributed by atoms with van der Waals surface area (Å²) in [7, 11) is 0. The maximum absolute atomic E-state index is 12.6. The first-order valence-electron chi connectivity index (χ1n) is 8.31. The smallest absolute Gasteiger partial charge is 0.170 e. The lowest BCUT2D eigenvalue weighted by Gasteiger charge is -2.16. The molecule has 0 saturated carbocycles. The molecule has 1 aliphatic carbocycles. The summed E-state index contributed by atoms with van der Waals surface area (Å²) < 4.78 is 5.81. The topological polar surface area (TPSA) is 43.4 Å². The van der Waals surface area contributed by atoms with Crippen LogP contribution < -0.4 is 4.74 Å². The van der Waals surface area contributed by atoms with Gasteiger partial charge in [-0.25, -0.2) is 0 Å². The first-order valence-corrected chi connectivity index (χ1v) is 8.31. The number of hydrogen-bond donors (Lipinski definition) is 0. The van der Waals surface area contributed by atoms with Crippen molar-refractivity contribution in [3.8, 4) is 5.75 Å². The molecule has 0 radical (unpaired) electrons. The van der Waals surface area contributed by atoms with Gasteiger partial charge in [0.2, 0.25) is 0 Å². The predicted octanol–water partition coefficient (Wildman–Crippen LogP) is 4.92. The van der Waals surface area contributed by atoms with E-state index in [-0.39, 0.29) is 17.5 Å². The summed E-state index contributed by atoms with van der Waals surface area (Å²) in [5.74, 6) is 1.27. The number of hydrogen-bond acceptors (Lipinski definition) is 3. The third-order valence-corrected chi connectivity index (χ3v) is 4.21. The zero-order chi connectivity index (χ0) is 17.8. The fraction of sp³-hybridized carbons (Fsp3) is 0.182. The average molecular weight is 332 g/mol. The summed E-state index contributed by atoms with van der Waals surface area (Å²) in [5.41, 5.74) is 2.31. The predicted molar refractivity (Wildman–Crippen MR) is 97.9 cm³/mol. The molecule has 0 aliphatic heterocycles. The minimum absolute atomic E-state index is 0.0185. The molecule has 3 heteroatoms. The van der Waals surface area contributed by atoms with E-state index in [4.69, 9.17) is 4.74 Å². The minimum Gasteiger partial charge on any atom is -0.458 e. The molecule has 0 saturated heterocycles. The van der Waals surface area contributed by atoms with Gasteiger partial charge in [-0.05, 0) is 50.6 Å². The van der Waals surface area contributed by atoms with E-state index in [0.29, 0.717) is 17.5 Å². The molecule has 3 rings (SSSR count). The summed E-state index contributed by atoms with van der Waals surface area (Å²) >= 11 is 0. The third-order valence-electron chi connectivity index (χ3n) is 4.21. The summed E-state index contributed by atoms with van der Waals surface area (Å²) in [6.07, 6.45) is 6.21. The number of carbonyl (C=O) groups is 2. The zero-order valence-electron chi connectivity index (χ0n) is 14.4. The van der Waals surface area contributed by atoms with Crippen LogP contribution in [0.3, 0.4) is 0 Å². The lowest BCUT2D eigenvalue weighted by Crippen LogP contribution is -2.15. The molecule has 2 aromatic rings. The highest BCUT2D eigenvalue weighted by atomic mass is 16.5. The summed E-state index contributed by atoms with van der Waals surface area (Å²) in [4.78, 5) is 24.1. The molecule has 25 heavy (non-hydrogen) atoms. The molecular formula is C22H20O3. The van der Waals surface area contributed by atoms with Crippen LogP contribution in [0.5, 0.6) is 5.75 Å². The van der Waals surface area contributed by atoms with Crippen molar-refractivity contribution < 1.29 is 14.3 Å². The number of Topliss-reactive ketones (excluding diaryl/α,β-unsaturated/α-hetero) is 2. The lowest BCUT2D eigenvalue weighted by molar-refractivity contribution is 0.0945. The van der Waals surface area contributed by atoms with Gasteiger partial charge in [-0.1, -0.05) is 42.0 Å². The van der Waals surface area contributed by atoms with Crippen molar-refractivity contribution in [1.82, 2.24) is 0 Å². The molecule has 0 aromatic heterocycles. The van der Waals surface area contributed by atoms with E-state index in [9.17, 15) is 9.59 Å². The Kier molecular flexibility index (Phi) is 4.94. The molecule has 0 heterocycles. The fourth-order valence-corrected chi connectivity index (χ4v) is 2.72. The van der Waals surface area contributed by atoms with Gasteiger partial charge in [-0.15, -0.1) is 0 Å². The van der Waals surface area contributed by atoms with Gasteiger partial charge >= 0.3 is 0 Å². The highest BCUT2D eigenvalue weighted by Gasteiger charge is 2.20. The molecule has 0 amide bonds. The molecule has 3 nitrogen and oxygen atoms in total. The maximum Gasteiger partial charge on any atom is 0.170 e. The van der Waals surface area contributed by atoms with Crippen molar-refractivity contribution >= 4 is 11.6 Å². The number of allylic oxidation sites excluding steroid dienone is 3. The van der Waals surface area contributed by atoms with Gasteiger partial charge in [-0.2, -0.15) is 0 Å². The maximum atomic E-state index is 12.6. The molecule has 1 atom stereocenters. The van der Waals surface area contributed by atoms with Crippen LogP contribution >= 0.6 is 0 Å². The number of carbonyl (C=O) groups excluding carboxylic acids is 2. The minimum atomic E-state index is -0.229. The normalized spacial score (nSPS) is 16.2. The van der Waals surface area contributed by atoms with Gasteiger partial charge in [0.25, 0.3) is 0 Å². The Morgan fingerprint density at radius 1 is 1.04 bits per heavy atom. The largest absolute Gasteiger partial charge is 0.458 e. The number of aryl methyl sites for hydroxylation is 1. The van der Waals surface area contributed by atoms with Crippen molar-refractivity contribution in [1.29, 1.82) is 0 Å². The number of benzene rings is 2. The van der Waals surface area contributed by atoms with Crippen LogP contribution in [0.25, 0.3) is 0 Å². The molecule has 0 spiro atoms. The van der Waals surface area contributed by atoms with E-state index >= 15 is 0 Å². The van der Waals surface area contributed by atoms with Crippen molar-refractivity contribution in [2.24, 2.45) is 5.92 Å². The van der Waals surface area contributed by atoms with Gasteiger partial charge in [-0.3, -0.25) is 9.59 Å². The standard InChI is InChI=1S/C22H20O3/c1-15-6-10-20(11-7-15)25-21-12-8-17(9-13-21)22(24)19-5-3-4-18(14-19)16(2)23/h3-8,10-14,17H,9H2,1-2H3. The van der Waals surface area contributed by atoms with E-state index in [1.54, 1.807) is 24.3 Å². The second-order valence-electron chi connectivity index (χ2n) is 6.22. The summed E-state index contributed by atoms with van der Waals surface area (Å²) in [6.45, 7) is 3.53. The molecule has 1 unspecified atom stereocenters. The van der Waals surface area contributed by atoms with Crippen LogP contribution in [-0.4, -0.2) is 11.6 Å². The number of rotatable bonds is 5. The van der Waals surface area contributed by atoms with E-state index in [1.165, 1.54) is 12.5 Å². The molecule has 0 fully saturated rings. The lowest BCUT2D eigenvalue weighted by atomic mass is 9.90. The fourth-order valence-electron chi connectivity index (χ4n) is 2.72. The van der Waals surface area contributed by atoms with Crippen LogP contribution in [0.2, 0.25) is 0 Å². The van der Waals surface area contributed by atoms with Crippen LogP contribution in [0.4, 0.5) is 0 Å². The summed E-state index contributed by atoms with van der Waals surface area (Å²) in [5, 5.41) is 0. The Morgan fingerprint density at radius 3 is 2.40 bits per heavy atom. The van der Waals surface area contributed by atoms with Crippen LogP contribution in [0, 0.1) is 12.8 Å². The first-order chi connectivity index (χ1) is 12.0. The van der Waals surface area contributed by atoms with Gasteiger partial charge in [0.15, 0.2) is 11.6 Å². The monoisotopic (exact) mass is 332 g/mol. The Balaban J connectivity index is 1.67. The van der Waals surface area contributed by atoms with Gasteiger partial charge in [0.05, 0.1) is 0 Å². The first kappa shape index (κ1) is 16.9. The quantitative estimate of drug-likeness (QED) is 0.730. The Labute approximate surface area is 147 Å². The van der Waals surface area contributed by atoms with Gasteiger partial charge < -0.3 is 4.74 Å². The van der Waals surface area contributed by atoms with Crippen LogP contribution in [-0.2, 0) is 0 Å². The van der Waals surface area contributed by atoms with Crippen LogP contribution in [0.15, 0.2) is 72.5 Å². The van der Waals surface area contributed by atoms with E-state index < -0.39 is 0 Å². The highest BCUT2D eigenvalue weighted by molar-refractivity contribution is 6.02. The Bertz CT molecular complexity index is 857. The molecule has 0 N–H and O–H groups in total.